The average molecular weight is 259 g/mol. The molecule has 19 heavy (non-hydrogen) atoms. The van der Waals surface area contributed by atoms with Gasteiger partial charge in [-0.25, -0.2) is 0 Å². The number of aromatic amines is 1. The van der Waals surface area contributed by atoms with Crippen molar-refractivity contribution in [3.8, 4) is 16.9 Å². The predicted octanol–water partition coefficient (Wildman–Crippen LogP) is 3.26. The Labute approximate surface area is 114 Å². The molecule has 2 aromatic rings. The monoisotopic (exact) mass is 259 g/mol. The summed E-state index contributed by atoms with van der Waals surface area (Å²) in [5.74, 6) is 2.01. The van der Waals surface area contributed by atoms with Gasteiger partial charge < -0.3 is 10.5 Å². The van der Waals surface area contributed by atoms with Gasteiger partial charge in [-0.05, 0) is 30.0 Å². The Balaban J connectivity index is 2.34. The van der Waals surface area contributed by atoms with E-state index in [1.54, 1.807) is 7.11 Å². The van der Waals surface area contributed by atoms with Crippen LogP contribution >= 0.6 is 0 Å². The number of nitrogens with zero attached hydrogens (tertiary/aromatic N) is 1. The second kappa shape index (κ2) is 5.78. The van der Waals surface area contributed by atoms with E-state index in [0.717, 1.165) is 35.4 Å². The first-order valence-electron chi connectivity index (χ1n) is 6.62. The second-order valence-corrected chi connectivity index (χ2v) is 4.91. The molecule has 0 radical (unpaired) electrons. The molecule has 1 aromatic heterocycles. The van der Waals surface area contributed by atoms with Crippen molar-refractivity contribution in [2.24, 2.45) is 5.92 Å². The van der Waals surface area contributed by atoms with E-state index in [-0.39, 0.29) is 0 Å². The number of ether oxygens (including phenoxy) is 1. The van der Waals surface area contributed by atoms with Gasteiger partial charge in [0.15, 0.2) is 5.82 Å². The van der Waals surface area contributed by atoms with Crippen molar-refractivity contribution in [2.45, 2.75) is 26.7 Å². The summed E-state index contributed by atoms with van der Waals surface area (Å²) >= 11 is 0. The lowest BCUT2D eigenvalue weighted by molar-refractivity contribution is 0.415. The molecule has 0 bridgehead atoms. The molecule has 2 rings (SSSR count). The summed E-state index contributed by atoms with van der Waals surface area (Å²) in [5.41, 5.74) is 9.19. The molecule has 0 aliphatic rings. The molecule has 0 amide bonds. The lowest BCUT2D eigenvalue weighted by Gasteiger charge is -2.09. The Hall–Kier alpha value is -1.97. The lowest BCUT2D eigenvalue weighted by atomic mass is 9.97. The zero-order chi connectivity index (χ0) is 13.8. The molecule has 0 saturated heterocycles. The number of benzene rings is 1. The minimum Gasteiger partial charge on any atom is -0.497 e. The molecule has 0 fully saturated rings. The van der Waals surface area contributed by atoms with Crippen LogP contribution in [0.3, 0.4) is 0 Å². The molecule has 1 heterocycles. The van der Waals surface area contributed by atoms with Crippen LogP contribution in [0.5, 0.6) is 5.75 Å². The van der Waals surface area contributed by atoms with E-state index in [1.807, 2.05) is 24.3 Å². The van der Waals surface area contributed by atoms with Crippen LogP contribution in [0.25, 0.3) is 11.1 Å². The first-order chi connectivity index (χ1) is 9.15. The maximum absolute atomic E-state index is 5.99. The summed E-state index contributed by atoms with van der Waals surface area (Å²) in [4.78, 5) is 0. The lowest BCUT2D eigenvalue weighted by Crippen LogP contribution is -2.00. The molecule has 3 N–H and O–H groups in total. The smallest absolute Gasteiger partial charge is 0.153 e. The van der Waals surface area contributed by atoms with Crippen LogP contribution in [0.15, 0.2) is 24.3 Å². The number of nitrogen functional groups attached to an aromatic ring is 1. The van der Waals surface area contributed by atoms with E-state index in [2.05, 4.69) is 24.0 Å². The standard InChI is InChI=1S/C15H21N3O/c1-4-10(2)9-13-14(15(16)18-17-13)11-5-7-12(19-3)8-6-11/h5-8,10H,4,9H2,1-3H3,(H3,16,17,18). The van der Waals surface area contributed by atoms with E-state index in [1.165, 1.54) is 0 Å². The third-order valence-corrected chi connectivity index (χ3v) is 3.50. The Morgan fingerprint density at radius 2 is 2.00 bits per heavy atom. The molecule has 0 spiro atoms. The number of hydrogen-bond acceptors (Lipinski definition) is 3. The number of anilines is 1. The summed E-state index contributed by atoms with van der Waals surface area (Å²) in [6.07, 6.45) is 2.10. The fraction of sp³-hybridized carbons (Fsp3) is 0.400. The largest absolute Gasteiger partial charge is 0.497 e. The molecule has 0 saturated carbocycles. The first kappa shape index (κ1) is 13.5. The zero-order valence-electron chi connectivity index (χ0n) is 11.7. The van der Waals surface area contributed by atoms with Crippen LogP contribution in [-0.2, 0) is 6.42 Å². The molecular formula is C15H21N3O. The molecule has 0 aliphatic heterocycles. The fourth-order valence-electron chi connectivity index (χ4n) is 2.11. The number of methoxy groups -OCH3 is 1. The van der Waals surface area contributed by atoms with Gasteiger partial charge >= 0.3 is 0 Å². The van der Waals surface area contributed by atoms with Gasteiger partial charge in [-0.2, -0.15) is 5.10 Å². The van der Waals surface area contributed by atoms with Gasteiger partial charge in [0.05, 0.1) is 7.11 Å². The highest BCUT2D eigenvalue weighted by Gasteiger charge is 2.14. The third-order valence-electron chi connectivity index (χ3n) is 3.50. The molecule has 1 atom stereocenters. The predicted molar refractivity (Wildman–Crippen MR) is 78.1 cm³/mol. The van der Waals surface area contributed by atoms with E-state index in [9.17, 15) is 0 Å². The molecule has 4 nitrogen and oxygen atoms in total. The van der Waals surface area contributed by atoms with E-state index < -0.39 is 0 Å². The van der Waals surface area contributed by atoms with Crippen molar-refractivity contribution in [1.82, 2.24) is 10.2 Å². The molecule has 102 valence electrons. The first-order valence-corrected chi connectivity index (χ1v) is 6.62. The van der Waals surface area contributed by atoms with Gasteiger partial charge in [-0.1, -0.05) is 32.4 Å². The number of nitrogens with two attached hydrogens (primary N) is 1. The molecule has 1 aromatic carbocycles. The fourth-order valence-corrected chi connectivity index (χ4v) is 2.11. The number of H-pyrrole nitrogens is 1. The van der Waals surface area contributed by atoms with Gasteiger partial charge in [0.1, 0.15) is 5.75 Å². The van der Waals surface area contributed by atoms with Crippen LogP contribution in [-0.4, -0.2) is 17.3 Å². The highest BCUT2D eigenvalue weighted by molar-refractivity contribution is 5.76. The van der Waals surface area contributed by atoms with E-state index in [0.29, 0.717) is 11.7 Å². The van der Waals surface area contributed by atoms with Crippen molar-refractivity contribution < 1.29 is 4.74 Å². The number of aromatic nitrogens is 2. The van der Waals surface area contributed by atoms with Gasteiger partial charge in [0.2, 0.25) is 0 Å². The minimum absolute atomic E-state index is 0.559. The Morgan fingerprint density at radius 3 is 2.58 bits per heavy atom. The Morgan fingerprint density at radius 1 is 1.32 bits per heavy atom. The van der Waals surface area contributed by atoms with Crippen molar-refractivity contribution in [3.05, 3.63) is 30.0 Å². The summed E-state index contributed by atoms with van der Waals surface area (Å²) in [6.45, 7) is 4.42. The number of nitrogens with one attached hydrogen (secondary N) is 1. The van der Waals surface area contributed by atoms with Crippen LogP contribution < -0.4 is 10.5 Å². The van der Waals surface area contributed by atoms with Crippen molar-refractivity contribution >= 4 is 5.82 Å². The van der Waals surface area contributed by atoms with Gasteiger partial charge in [-0.3, -0.25) is 5.10 Å². The summed E-state index contributed by atoms with van der Waals surface area (Å²) in [5, 5.41) is 7.20. The minimum atomic E-state index is 0.559. The molecule has 4 heteroatoms. The molecule has 0 aliphatic carbocycles. The average Bonchev–Trinajstić information content (AvgIpc) is 2.79. The quantitative estimate of drug-likeness (QED) is 0.866. The zero-order valence-corrected chi connectivity index (χ0v) is 11.7. The normalized spacial score (nSPS) is 12.4. The van der Waals surface area contributed by atoms with Crippen molar-refractivity contribution in [2.75, 3.05) is 12.8 Å². The molecule has 1 unspecified atom stereocenters. The summed E-state index contributed by atoms with van der Waals surface area (Å²) in [6, 6.07) is 7.91. The van der Waals surface area contributed by atoms with E-state index >= 15 is 0 Å². The number of hydrogen-bond donors (Lipinski definition) is 2. The number of rotatable bonds is 5. The Kier molecular flexibility index (Phi) is 4.10. The maximum Gasteiger partial charge on any atom is 0.153 e. The van der Waals surface area contributed by atoms with E-state index in [4.69, 9.17) is 10.5 Å². The second-order valence-electron chi connectivity index (χ2n) is 4.91. The van der Waals surface area contributed by atoms with Crippen LogP contribution in [0, 0.1) is 5.92 Å². The Bertz CT molecular complexity index is 531. The molecular weight excluding hydrogens is 238 g/mol. The summed E-state index contributed by atoms with van der Waals surface area (Å²) in [7, 11) is 1.66. The van der Waals surface area contributed by atoms with Crippen LogP contribution in [0.1, 0.15) is 26.0 Å². The summed E-state index contributed by atoms with van der Waals surface area (Å²) < 4.78 is 5.17. The van der Waals surface area contributed by atoms with Crippen molar-refractivity contribution in [1.29, 1.82) is 0 Å². The SMILES string of the molecule is CCC(C)Cc1[nH]nc(N)c1-c1ccc(OC)cc1. The van der Waals surface area contributed by atoms with Gasteiger partial charge in [0.25, 0.3) is 0 Å². The van der Waals surface area contributed by atoms with Gasteiger partial charge in [0, 0.05) is 11.3 Å². The highest BCUT2D eigenvalue weighted by Crippen LogP contribution is 2.30. The van der Waals surface area contributed by atoms with Gasteiger partial charge in [-0.15, -0.1) is 0 Å². The van der Waals surface area contributed by atoms with Crippen LogP contribution in [0.4, 0.5) is 5.82 Å². The third kappa shape index (κ3) is 2.89. The highest BCUT2D eigenvalue weighted by atomic mass is 16.5. The topological polar surface area (TPSA) is 63.9 Å². The van der Waals surface area contributed by atoms with Crippen molar-refractivity contribution in [3.63, 3.8) is 0 Å². The maximum atomic E-state index is 5.99. The van der Waals surface area contributed by atoms with Crippen LogP contribution in [0.2, 0.25) is 0 Å².